The molecule has 1 atom stereocenters. The van der Waals surface area contributed by atoms with Crippen LogP contribution in [-0.4, -0.2) is 35.5 Å². The zero-order valence-electron chi connectivity index (χ0n) is 10.2. The molecular formula is C11H18N2O2S. The van der Waals surface area contributed by atoms with Gasteiger partial charge in [0.05, 0.1) is 17.8 Å². The molecule has 90 valence electrons. The fraction of sp³-hybridized carbons (Fsp3) is 0.636. The van der Waals surface area contributed by atoms with Crippen LogP contribution in [-0.2, 0) is 16.1 Å². The molecule has 1 aromatic heterocycles. The largest absolute Gasteiger partial charge is 0.465 e. The van der Waals surface area contributed by atoms with Crippen molar-refractivity contribution < 1.29 is 9.53 Å². The van der Waals surface area contributed by atoms with Gasteiger partial charge in [-0.15, -0.1) is 11.3 Å². The minimum atomic E-state index is -0.221. The van der Waals surface area contributed by atoms with Crippen molar-refractivity contribution in [3.8, 4) is 0 Å². The molecule has 0 aromatic carbocycles. The molecule has 1 unspecified atom stereocenters. The van der Waals surface area contributed by atoms with Crippen LogP contribution in [0.25, 0.3) is 0 Å². The Balaban J connectivity index is 2.55. The van der Waals surface area contributed by atoms with Crippen LogP contribution < -0.4 is 0 Å². The molecule has 0 fully saturated rings. The van der Waals surface area contributed by atoms with Crippen LogP contribution in [0.5, 0.6) is 0 Å². The maximum absolute atomic E-state index is 11.5. The van der Waals surface area contributed by atoms with Gasteiger partial charge < -0.3 is 4.74 Å². The van der Waals surface area contributed by atoms with Gasteiger partial charge in [0.15, 0.2) is 0 Å². The second-order valence-electron chi connectivity index (χ2n) is 3.70. The zero-order chi connectivity index (χ0) is 12.1. The number of aromatic nitrogens is 1. The van der Waals surface area contributed by atoms with Crippen molar-refractivity contribution in [3.05, 3.63) is 16.1 Å². The molecule has 4 nitrogen and oxygen atoms in total. The molecule has 0 bridgehead atoms. The quantitative estimate of drug-likeness (QED) is 0.739. The Bertz CT molecular complexity index is 352. The maximum Gasteiger partial charge on any atom is 0.323 e. The summed E-state index contributed by atoms with van der Waals surface area (Å²) in [4.78, 5) is 18.9. The molecule has 0 N–H and O–H groups in total. The molecule has 0 amide bonds. The molecule has 1 heterocycles. The summed E-state index contributed by atoms with van der Waals surface area (Å²) in [6.45, 7) is 6.81. The number of aryl methyl sites for hydroxylation is 1. The van der Waals surface area contributed by atoms with Crippen molar-refractivity contribution in [1.82, 2.24) is 9.88 Å². The molecule has 16 heavy (non-hydrogen) atoms. The summed E-state index contributed by atoms with van der Waals surface area (Å²) in [7, 11) is 1.92. The lowest BCUT2D eigenvalue weighted by atomic mass is 10.3. The second kappa shape index (κ2) is 5.96. The van der Waals surface area contributed by atoms with E-state index in [1.807, 2.05) is 38.2 Å². The molecule has 0 aliphatic heterocycles. The Morgan fingerprint density at radius 2 is 2.38 bits per heavy atom. The first-order chi connectivity index (χ1) is 7.56. The van der Waals surface area contributed by atoms with E-state index in [9.17, 15) is 4.79 Å². The number of nitrogens with zero attached hydrogens (tertiary/aromatic N) is 2. The van der Waals surface area contributed by atoms with Gasteiger partial charge in [-0.05, 0) is 27.8 Å². The van der Waals surface area contributed by atoms with Gasteiger partial charge in [-0.1, -0.05) is 0 Å². The lowest BCUT2D eigenvalue weighted by Gasteiger charge is -2.22. The number of rotatable bonds is 5. The molecule has 0 radical (unpaired) electrons. The average molecular weight is 242 g/mol. The van der Waals surface area contributed by atoms with Gasteiger partial charge in [-0.3, -0.25) is 9.69 Å². The standard InChI is InChI=1S/C11H18N2O2S/c1-5-15-11(14)9(3)13(4)6-10-8(2)12-7-16-10/h7,9H,5-6H2,1-4H3. The van der Waals surface area contributed by atoms with Gasteiger partial charge in [-0.2, -0.15) is 0 Å². The molecule has 0 aliphatic carbocycles. The first kappa shape index (κ1) is 13.1. The highest BCUT2D eigenvalue weighted by Gasteiger charge is 2.20. The summed E-state index contributed by atoms with van der Waals surface area (Å²) in [5, 5.41) is 0. The molecular weight excluding hydrogens is 224 g/mol. The molecule has 0 saturated heterocycles. The summed E-state index contributed by atoms with van der Waals surface area (Å²) in [5.41, 5.74) is 2.86. The summed E-state index contributed by atoms with van der Waals surface area (Å²) in [5.74, 6) is -0.174. The fourth-order valence-corrected chi connectivity index (χ4v) is 2.12. The van der Waals surface area contributed by atoms with Crippen LogP contribution in [0, 0.1) is 6.92 Å². The highest BCUT2D eigenvalue weighted by molar-refractivity contribution is 7.09. The van der Waals surface area contributed by atoms with Crippen LogP contribution in [0.15, 0.2) is 5.51 Å². The third-order valence-corrected chi connectivity index (χ3v) is 3.45. The molecule has 0 aliphatic rings. The smallest absolute Gasteiger partial charge is 0.323 e. The van der Waals surface area contributed by atoms with E-state index in [0.717, 1.165) is 12.2 Å². The lowest BCUT2D eigenvalue weighted by Crippen LogP contribution is -2.36. The maximum atomic E-state index is 11.5. The molecule has 1 aromatic rings. The van der Waals surface area contributed by atoms with E-state index in [0.29, 0.717) is 6.61 Å². The monoisotopic (exact) mass is 242 g/mol. The first-order valence-electron chi connectivity index (χ1n) is 5.32. The van der Waals surface area contributed by atoms with E-state index in [1.165, 1.54) is 4.88 Å². The number of ether oxygens (including phenoxy) is 1. The molecule has 0 saturated carbocycles. The average Bonchev–Trinajstić information content (AvgIpc) is 2.63. The highest BCUT2D eigenvalue weighted by Crippen LogP contribution is 2.15. The number of thiazole rings is 1. The Hall–Kier alpha value is -0.940. The van der Waals surface area contributed by atoms with Crippen molar-refractivity contribution in [1.29, 1.82) is 0 Å². The Kier molecular flexibility index (Phi) is 4.89. The Morgan fingerprint density at radius 3 is 2.88 bits per heavy atom. The molecule has 1 rings (SSSR count). The van der Waals surface area contributed by atoms with Gasteiger partial charge in [0.25, 0.3) is 0 Å². The van der Waals surface area contributed by atoms with E-state index in [-0.39, 0.29) is 12.0 Å². The predicted molar refractivity (Wildman–Crippen MR) is 64.4 cm³/mol. The minimum Gasteiger partial charge on any atom is -0.465 e. The van der Waals surface area contributed by atoms with Crippen molar-refractivity contribution in [2.24, 2.45) is 0 Å². The minimum absolute atomic E-state index is 0.174. The summed E-state index contributed by atoms with van der Waals surface area (Å²) in [6.07, 6.45) is 0. The van der Waals surface area contributed by atoms with Crippen molar-refractivity contribution in [2.45, 2.75) is 33.4 Å². The number of esters is 1. The van der Waals surface area contributed by atoms with E-state index < -0.39 is 0 Å². The van der Waals surface area contributed by atoms with Gasteiger partial charge in [-0.25, -0.2) is 4.98 Å². The summed E-state index contributed by atoms with van der Waals surface area (Å²) < 4.78 is 4.98. The van der Waals surface area contributed by atoms with Crippen LogP contribution in [0.1, 0.15) is 24.4 Å². The van der Waals surface area contributed by atoms with Crippen molar-refractivity contribution in [2.75, 3.05) is 13.7 Å². The Labute approximate surface area is 100 Å². The normalized spacial score (nSPS) is 12.8. The SMILES string of the molecule is CCOC(=O)C(C)N(C)Cc1scnc1C. The summed E-state index contributed by atoms with van der Waals surface area (Å²) in [6, 6.07) is -0.221. The highest BCUT2D eigenvalue weighted by atomic mass is 32.1. The van der Waals surface area contributed by atoms with Crippen LogP contribution >= 0.6 is 11.3 Å². The van der Waals surface area contributed by atoms with Gasteiger partial charge in [0, 0.05) is 11.4 Å². The molecule has 0 spiro atoms. The van der Waals surface area contributed by atoms with Crippen LogP contribution in [0.3, 0.4) is 0 Å². The second-order valence-corrected chi connectivity index (χ2v) is 4.64. The first-order valence-corrected chi connectivity index (χ1v) is 6.20. The number of hydrogen-bond donors (Lipinski definition) is 0. The van der Waals surface area contributed by atoms with Gasteiger partial charge >= 0.3 is 5.97 Å². The van der Waals surface area contributed by atoms with Crippen molar-refractivity contribution >= 4 is 17.3 Å². The zero-order valence-corrected chi connectivity index (χ0v) is 11.0. The van der Waals surface area contributed by atoms with E-state index >= 15 is 0 Å². The lowest BCUT2D eigenvalue weighted by molar-refractivity contribution is -0.148. The predicted octanol–water partition coefficient (Wildman–Crippen LogP) is 1.83. The van der Waals surface area contributed by atoms with E-state index in [2.05, 4.69) is 4.98 Å². The molecule has 5 heteroatoms. The number of hydrogen-bond acceptors (Lipinski definition) is 5. The van der Waals surface area contributed by atoms with E-state index in [4.69, 9.17) is 4.74 Å². The Morgan fingerprint density at radius 1 is 1.69 bits per heavy atom. The van der Waals surface area contributed by atoms with E-state index in [1.54, 1.807) is 11.3 Å². The summed E-state index contributed by atoms with van der Waals surface area (Å²) >= 11 is 1.62. The van der Waals surface area contributed by atoms with Crippen molar-refractivity contribution in [3.63, 3.8) is 0 Å². The number of carbonyl (C=O) groups is 1. The fourth-order valence-electron chi connectivity index (χ4n) is 1.28. The van der Waals surface area contributed by atoms with Crippen LogP contribution in [0.2, 0.25) is 0 Å². The third kappa shape index (κ3) is 3.28. The van der Waals surface area contributed by atoms with Gasteiger partial charge in [0.2, 0.25) is 0 Å². The van der Waals surface area contributed by atoms with Crippen LogP contribution in [0.4, 0.5) is 0 Å². The number of likely N-dealkylation sites (N-methyl/N-ethyl adjacent to an activating group) is 1. The van der Waals surface area contributed by atoms with Gasteiger partial charge in [0.1, 0.15) is 6.04 Å². The number of carbonyl (C=O) groups excluding carboxylic acids is 1. The topological polar surface area (TPSA) is 42.4 Å². The third-order valence-electron chi connectivity index (χ3n) is 2.53.